The van der Waals surface area contributed by atoms with Gasteiger partial charge in [-0.05, 0) is 11.5 Å². The van der Waals surface area contributed by atoms with Crippen LogP contribution in [0.2, 0.25) is 0 Å². The minimum Gasteiger partial charge on any atom is -0.326 e. The summed E-state index contributed by atoms with van der Waals surface area (Å²) in [6.45, 7) is 0.537. The third-order valence-electron chi connectivity index (χ3n) is 1.33. The van der Waals surface area contributed by atoms with E-state index in [1.165, 1.54) is 11.5 Å². The fourth-order valence-corrected chi connectivity index (χ4v) is 2.04. The molecular weight excluding hydrogens is 192 g/mol. The van der Waals surface area contributed by atoms with Crippen molar-refractivity contribution in [3.8, 4) is 10.7 Å². The molecule has 0 aliphatic carbocycles. The quantitative estimate of drug-likeness (QED) is 0.785. The van der Waals surface area contributed by atoms with Gasteiger partial charge < -0.3 is 5.73 Å². The average Bonchev–Trinajstić information content (AvgIpc) is 2.75. The van der Waals surface area contributed by atoms with Crippen LogP contribution in [0.3, 0.4) is 0 Å². The first-order valence-electron chi connectivity index (χ1n) is 3.32. The van der Waals surface area contributed by atoms with Crippen molar-refractivity contribution >= 4 is 22.9 Å². The molecule has 62 valence electrons. The van der Waals surface area contributed by atoms with Crippen LogP contribution in [-0.4, -0.2) is 14.6 Å². The lowest BCUT2D eigenvalue weighted by Gasteiger charge is -1.83. The average molecular weight is 198 g/mol. The maximum absolute atomic E-state index is 5.45. The van der Waals surface area contributed by atoms with Gasteiger partial charge in [0.05, 0.1) is 0 Å². The third-order valence-corrected chi connectivity index (χ3v) is 2.88. The fraction of sp³-hybridized carbons (Fsp3) is 0.167. The standard InChI is InChI=1S/C6H6N4S2/c7-1-4-2-8-6(12-4)5-3-11-10-9-5/h2-3H,1,7H2. The Morgan fingerprint density at radius 1 is 1.50 bits per heavy atom. The monoisotopic (exact) mass is 198 g/mol. The highest BCUT2D eigenvalue weighted by molar-refractivity contribution is 7.15. The summed E-state index contributed by atoms with van der Waals surface area (Å²) >= 11 is 2.88. The van der Waals surface area contributed by atoms with Crippen molar-refractivity contribution < 1.29 is 0 Å². The van der Waals surface area contributed by atoms with Crippen LogP contribution < -0.4 is 5.73 Å². The van der Waals surface area contributed by atoms with Crippen LogP contribution in [0.15, 0.2) is 11.6 Å². The summed E-state index contributed by atoms with van der Waals surface area (Å²) in [4.78, 5) is 5.24. The van der Waals surface area contributed by atoms with E-state index < -0.39 is 0 Å². The molecule has 0 bridgehead atoms. The second kappa shape index (κ2) is 3.26. The molecule has 2 rings (SSSR count). The number of thiazole rings is 1. The third kappa shape index (κ3) is 1.36. The molecule has 0 radical (unpaired) electrons. The first kappa shape index (κ1) is 7.78. The van der Waals surface area contributed by atoms with Gasteiger partial charge in [0.25, 0.3) is 0 Å². The van der Waals surface area contributed by atoms with Crippen molar-refractivity contribution in [2.75, 3.05) is 0 Å². The molecule has 0 aliphatic heterocycles. The Morgan fingerprint density at radius 2 is 2.42 bits per heavy atom. The van der Waals surface area contributed by atoms with Gasteiger partial charge >= 0.3 is 0 Å². The number of hydrogen-bond acceptors (Lipinski definition) is 6. The van der Waals surface area contributed by atoms with Crippen LogP contribution in [0.5, 0.6) is 0 Å². The van der Waals surface area contributed by atoms with Crippen molar-refractivity contribution in [3.05, 3.63) is 16.5 Å². The lowest BCUT2D eigenvalue weighted by atomic mass is 10.5. The van der Waals surface area contributed by atoms with Gasteiger partial charge in [0.2, 0.25) is 0 Å². The molecule has 4 nitrogen and oxygen atoms in total. The molecule has 0 saturated carbocycles. The van der Waals surface area contributed by atoms with Gasteiger partial charge in [-0.15, -0.1) is 16.4 Å². The zero-order chi connectivity index (χ0) is 8.39. The Bertz CT molecular complexity index is 353. The molecule has 0 aliphatic rings. The lowest BCUT2D eigenvalue weighted by Crippen LogP contribution is -1.91. The van der Waals surface area contributed by atoms with Gasteiger partial charge in [0.15, 0.2) is 0 Å². The maximum atomic E-state index is 5.45. The second-order valence-electron chi connectivity index (χ2n) is 2.13. The molecule has 2 N–H and O–H groups in total. The SMILES string of the molecule is NCc1cnc(-c2csnn2)s1. The normalized spacial score (nSPS) is 10.4. The highest BCUT2D eigenvalue weighted by atomic mass is 32.1. The van der Waals surface area contributed by atoms with Crippen LogP contribution >= 0.6 is 22.9 Å². The van der Waals surface area contributed by atoms with Crippen molar-refractivity contribution in [1.29, 1.82) is 0 Å². The van der Waals surface area contributed by atoms with Crippen LogP contribution in [0, 0.1) is 0 Å². The predicted molar refractivity (Wildman–Crippen MR) is 48.9 cm³/mol. The van der Waals surface area contributed by atoms with Crippen LogP contribution in [0.4, 0.5) is 0 Å². The van der Waals surface area contributed by atoms with E-state index in [1.807, 2.05) is 5.38 Å². The van der Waals surface area contributed by atoms with E-state index in [1.54, 1.807) is 17.5 Å². The lowest BCUT2D eigenvalue weighted by molar-refractivity contribution is 1.09. The van der Waals surface area contributed by atoms with Gasteiger partial charge in [-0.3, -0.25) is 0 Å². The van der Waals surface area contributed by atoms with Crippen molar-refractivity contribution in [3.63, 3.8) is 0 Å². The highest BCUT2D eigenvalue weighted by Gasteiger charge is 2.05. The molecule has 0 amide bonds. The molecule has 2 aromatic rings. The number of rotatable bonds is 2. The minimum atomic E-state index is 0.537. The van der Waals surface area contributed by atoms with Gasteiger partial charge in [-0.1, -0.05) is 4.49 Å². The predicted octanol–water partition coefficient (Wildman–Crippen LogP) is 1.12. The molecule has 6 heteroatoms. The van der Waals surface area contributed by atoms with Crippen LogP contribution in [0.25, 0.3) is 10.7 Å². The van der Waals surface area contributed by atoms with Crippen LogP contribution in [0.1, 0.15) is 4.88 Å². The van der Waals surface area contributed by atoms with E-state index >= 15 is 0 Å². The Labute approximate surface area is 77.2 Å². The first-order chi connectivity index (χ1) is 5.90. The van der Waals surface area contributed by atoms with Crippen molar-refractivity contribution in [2.45, 2.75) is 6.54 Å². The van der Waals surface area contributed by atoms with Gasteiger partial charge in [-0.2, -0.15) is 0 Å². The topological polar surface area (TPSA) is 64.7 Å². The molecule has 0 unspecified atom stereocenters. The highest BCUT2D eigenvalue weighted by Crippen LogP contribution is 2.23. The van der Waals surface area contributed by atoms with Crippen molar-refractivity contribution in [2.24, 2.45) is 5.73 Å². The summed E-state index contributed by atoms with van der Waals surface area (Å²) in [5, 5.41) is 6.68. The van der Waals surface area contributed by atoms with E-state index in [-0.39, 0.29) is 0 Å². The van der Waals surface area contributed by atoms with E-state index in [4.69, 9.17) is 5.73 Å². The molecule has 2 aromatic heterocycles. The number of hydrogen-bond donors (Lipinski definition) is 1. The van der Waals surface area contributed by atoms with Gasteiger partial charge in [-0.25, -0.2) is 4.98 Å². The molecule has 12 heavy (non-hydrogen) atoms. The number of nitrogens with zero attached hydrogens (tertiary/aromatic N) is 3. The van der Waals surface area contributed by atoms with E-state index in [0.29, 0.717) is 6.54 Å². The zero-order valence-corrected chi connectivity index (χ0v) is 7.73. The second-order valence-corrected chi connectivity index (χ2v) is 3.85. The Kier molecular flexibility index (Phi) is 2.11. The van der Waals surface area contributed by atoms with Gasteiger partial charge in [0, 0.05) is 23.0 Å². The van der Waals surface area contributed by atoms with Crippen LogP contribution in [-0.2, 0) is 6.54 Å². The van der Waals surface area contributed by atoms with Gasteiger partial charge in [0.1, 0.15) is 10.7 Å². The summed E-state index contributed by atoms with van der Waals surface area (Å²) < 4.78 is 3.76. The molecule has 0 aromatic carbocycles. The van der Waals surface area contributed by atoms with E-state index in [2.05, 4.69) is 14.6 Å². The summed E-state index contributed by atoms with van der Waals surface area (Å²) in [6.07, 6.45) is 1.78. The molecule has 0 atom stereocenters. The Hall–Kier alpha value is -0.850. The molecule has 0 fully saturated rings. The zero-order valence-electron chi connectivity index (χ0n) is 6.10. The number of aromatic nitrogens is 3. The minimum absolute atomic E-state index is 0.537. The molecule has 0 spiro atoms. The molecule has 2 heterocycles. The molecular formula is C6H6N4S2. The molecule has 0 saturated heterocycles. The smallest absolute Gasteiger partial charge is 0.144 e. The van der Waals surface area contributed by atoms with Crippen molar-refractivity contribution in [1.82, 2.24) is 14.6 Å². The summed E-state index contributed by atoms with van der Waals surface area (Å²) in [7, 11) is 0. The van der Waals surface area contributed by atoms with E-state index in [0.717, 1.165) is 15.6 Å². The maximum Gasteiger partial charge on any atom is 0.144 e. The number of nitrogens with two attached hydrogens (primary N) is 1. The Morgan fingerprint density at radius 3 is 3.00 bits per heavy atom. The summed E-state index contributed by atoms with van der Waals surface area (Å²) in [5.74, 6) is 0. The summed E-state index contributed by atoms with van der Waals surface area (Å²) in [6, 6.07) is 0. The first-order valence-corrected chi connectivity index (χ1v) is 4.97. The van der Waals surface area contributed by atoms with E-state index in [9.17, 15) is 0 Å². The fourth-order valence-electron chi connectivity index (χ4n) is 0.778. The summed E-state index contributed by atoms with van der Waals surface area (Å²) in [5.41, 5.74) is 6.29. The Balaban J connectivity index is 2.35. The largest absolute Gasteiger partial charge is 0.326 e.